The predicted molar refractivity (Wildman–Crippen MR) is 115 cm³/mol. The second-order valence-electron chi connectivity index (χ2n) is 8.29. The van der Waals surface area contributed by atoms with E-state index in [2.05, 4.69) is 30.8 Å². The number of urea groups is 1. The van der Waals surface area contributed by atoms with E-state index in [9.17, 15) is 9.00 Å². The monoisotopic (exact) mass is 413 g/mol. The average Bonchev–Trinajstić information content (AvgIpc) is 3.41. The molecule has 1 aliphatic heterocycles. The van der Waals surface area contributed by atoms with Gasteiger partial charge in [-0.2, -0.15) is 6.57 Å². The molecule has 154 valence electrons. The third-order valence-electron chi connectivity index (χ3n) is 6.13. The van der Waals surface area contributed by atoms with E-state index in [4.69, 9.17) is 6.57 Å². The summed E-state index contributed by atoms with van der Waals surface area (Å²) < 4.78 is 19.0. The molecule has 0 radical (unpaired) electrons. The largest absolute Gasteiger partial charge is 0.332 e. The van der Waals surface area contributed by atoms with Crippen LogP contribution in [0.5, 0.6) is 0 Å². The first-order valence-corrected chi connectivity index (χ1v) is 11.8. The Morgan fingerprint density at radius 3 is 2.52 bits per heavy atom. The number of rotatable bonds is 4. The van der Waals surface area contributed by atoms with E-state index in [0.717, 1.165) is 63.6 Å². The molecular formula is C21H27N5O2S. The van der Waals surface area contributed by atoms with Gasteiger partial charge in [-0.1, -0.05) is 12.1 Å². The molecule has 1 saturated heterocycles. The minimum absolute atomic E-state index is 0.292. The number of hydrogen-bond donors (Lipinski definition) is 3. The Morgan fingerprint density at radius 2 is 1.93 bits per heavy atom. The summed E-state index contributed by atoms with van der Waals surface area (Å²) in [6.45, 7) is 9.91. The van der Waals surface area contributed by atoms with Crippen LogP contribution in [0.1, 0.15) is 54.9 Å². The van der Waals surface area contributed by atoms with Crippen molar-refractivity contribution in [3.8, 4) is 0 Å². The van der Waals surface area contributed by atoms with E-state index < -0.39 is 15.9 Å². The van der Waals surface area contributed by atoms with Crippen molar-refractivity contribution >= 4 is 21.6 Å². The number of hydrogen-bond acceptors (Lipinski definition) is 4. The van der Waals surface area contributed by atoms with Gasteiger partial charge in [0.05, 0.1) is 0 Å². The highest BCUT2D eigenvalue weighted by Crippen LogP contribution is 2.38. The first-order valence-electron chi connectivity index (χ1n) is 10.2. The number of nitrogens with zero attached hydrogens (tertiary/aromatic N) is 2. The van der Waals surface area contributed by atoms with E-state index in [1.54, 1.807) is 6.08 Å². The summed E-state index contributed by atoms with van der Waals surface area (Å²) in [5.74, 6) is 0. The molecule has 1 heterocycles. The third-order valence-corrected chi connectivity index (χ3v) is 7.44. The zero-order valence-electron chi connectivity index (χ0n) is 16.7. The summed E-state index contributed by atoms with van der Waals surface area (Å²) in [5.41, 5.74) is 5.61. The maximum Gasteiger partial charge on any atom is 0.332 e. The number of amides is 2. The van der Waals surface area contributed by atoms with Crippen molar-refractivity contribution in [2.45, 2.75) is 63.8 Å². The fraction of sp³-hybridized carbons (Fsp3) is 0.524. The standard InChI is InChI=1S/C21H27N5O2S/c1-21(10-5-12-23-21)11-13-29(28,26-22-2)25-20(27)24-19-17-8-3-6-15(17)14-16-7-4-9-18(16)19/h11,13-14,23H,3-10,12H2,1H3,(H2,24,25,26,27,28)/b13-11+/t21-,29?/m0/s1. The smallest absolute Gasteiger partial charge is 0.308 e. The van der Waals surface area contributed by atoms with Crippen LogP contribution >= 0.6 is 0 Å². The Hall–Kier alpha value is -2.37. The molecule has 1 aromatic carbocycles. The summed E-state index contributed by atoms with van der Waals surface area (Å²) in [4.78, 5) is 15.7. The summed E-state index contributed by atoms with van der Waals surface area (Å²) in [6.07, 6.45) is 9.85. The van der Waals surface area contributed by atoms with Gasteiger partial charge < -0.3 is 10.6 Å². The SMILES string of the molecule is [C-]#[N+]N=S(=O)(/C=C/[C@]1(C)CCCN1)NC(=O)Nc1c2c(cc3c1CCC3)CCC2. The van der Waals surface area contributed by atoms with Crippen molar-refractivity contribution in [1.82, 2.24) is 10.0 Å². The number of carbonyl (C=O) groups is 1. The van der Waals surface area contributed by atoms with Crippen LogP contribution in [0.15, 0.2) is 22.0 Å². The van der Waals surface area contributed by atoms with Crippen molar-refractivity contribution in [2.75, 3.05) is 11.9 Å². The summed E-state index contributed by atoms with van der Waals surface area (Å²) in [5, 5.41) is 7.65. The first-order chi connectivity index (χ1) is 13.9. The van der Waals surface area contributed by atoms with Crippen LogP contribution in [0.2, 0.25) is 0 Å². The molecule has 1 fully saturated rings. The Balaban J connectivity index is 1.56. The van der Waals surface area contributed by atoms with Crippen LogP contribution in [-0.4, -0.2) is 22.3 Å². The van der Waals surface area contributed by atoms with E-state index >= 15 is 0 Å². The van der Waals surface area contributed by atoms with Gasteiger partial charge in [0.15, 0.2) is 4.47 Å². The quantitative estimate of drug-likeness (QED) is 0.520. The summed E-state index contributed by atoms with van der Waals surface area (Å²) in [7, 11) is -3.32. The van der Waals surface area contributed by atoms with Crippen LogP contribution in [0.4, 0.5) is 10.5 Å². The molecule has 2 atom stereocenters. The molecule has 0 saturated carbocycles. The maximum atomic E-state index is 13.1. The van der Waals surface area contributed by atoms with Gasteiger partial charge in [-0.15, -0.1) is 4.95 Å². The lowest BCUT2D eigenvalue weighted by Gasteiger charge is -2.19. The second kappa shape index (κ2) is 7.81. The zero-order chi connectivity index (χ0) is 20.5. The summed E-state index contributed by atoms with van der Waals surface area (Å²) >= 11 is 0. The molecule has 0 aromatic heterocycles. The number of nitrogens with one attached hydrogen (secondary N) is 3. The molecule has 8 heteroatoms. The van der Waals surface area contributed by atoms with Gasteiger partial charge >= 0.3 is 6.03 Å². The maximum absolute atomic E-state index is 13.1. The van der Waals surface area contributed by atoms with Crippen molar-refractivity contribution in [3.05, 3.63) is 51.3 Å². The van der Waals surface area contributed by atoms with E-state index in [1.165, 1.54) is 27.7 Å². The number of fused-ring (bicyclic) bond motifs is 2. The van der Waals surface area contributed by atoms with Crippen molar-refractivity contribution in [1.29, 1.82) is 0 Å². The number of anilines is 1. The molecule has 3 aliphatic rings. The highest BCUT2D eigenvalue weighted by atomic mass is 32.2. The lowest BCUT2D eigenvalue weighted by Crippen LogP contribution is -2.36. The molecule has 2 amide bonds. The average molecular weight is 414 g/mol. The minimum atomic E-state index is -3.32. The Morgan fingerprint density at radius 1 is 1.24 bits per heavy atom. The van der Waals surface area contributed by atoms with E-state index in [1.807, 2.05) is 6.92 Å². The van der Waals surface area contributed by atoms with Gasteiger partial charge in [-0.25, -0.2) is 13.7 Å². The minimum Gasteiger partial charge on any atom is -0.308 e. The molecule has 3 N–H and O–H groups in total. The van der Waals surface area contributed by atoms with E-state index in [-0.39, 0.29) is 5.54 Å². The second-order valence-corrected chi connectivity index (χ2v) is 10.1. The summed E-state index contributed by atoms with van der Waals surface area (Å²) in [6, 6.07) is 1.72. The topological polar surface area (TPSA) is 87.0 Å². The Labute approximate surface area is 172 Å². The number of benzene rings is 1. The Bertz CT molecular complexity index is 992. The number of aryl methyl sites for hydroxylation is 2. The molecule has 0 bridgehead atoms. The van der Waals surface area contributed by atoms with Crippen LogP contribution in [-0.2, 0) is 35.6 Å². The lowest BCUT2D eigenvalue weighted by molar-refractivity contribution is 0.257. The van der Waals surface area contributed by atoms with Gasteiger partial charge in [-0.05, 0) is 87.1 Å². The molecule has 7 nitrogen and oxygen atoms in total. The van der Waals surface area contributed by atoms with Gasteiger partial charge in [0.25, 0.3) is 0 Å². The van der Waals surface area contributed by atoms with E-state index in [0.29, 0.717) is 0 Å². The first kappa shape index (κ1) is 19.9. The number of carbonyl (C=O) groups excluding carboxylic acids is 1. The van der Waals surface area contributed by atoms with Gasteiger partial charge in [-0.3, -0.25) is 0 Å². The van der Waals surface area contributed by atoms with Gasteiger partial charge in [0, 0.05) is 16.6 Å². The van der Waals surface area contributed by atoms with Crippen LogP contribution in [0.25, 0.3) is 4.95 Å². The molecular weight excluding hydrogens is 386 g/mol. The van der Waals surface area contributed by atoms with Crippen LogP contribution in [0.3, 0.4) is 0 Å². The van der Waals surface area contributed by atoms with Crippen molar-refractivity contribution in [2.24, 2.45) is 4.47 Å². The molecule has 2 aliphatic carbocycles. The third kappa shape index (κ3) is 4.16. The molecule has 29 heavy (non-hydrogen) atoms. The molecule has 4 rings (SSSR count). The predicted octanol–water partition coefficient (Wildman–Crippen LogP) is 3.66. The normalized spacial score (nSPS) is 24.6. The molecule has 1 unspecified atom stereocenters. The van der Waals surface area contributed by atoms with Crippen LogP contribution < -0.4 is 15.4 Å². The van der Waals surface area contributed by atoms with Gasteiger partial charge in [0.1, 0.15) is 0 Å². The Kier molecular flexibility index (Phi) is 5.36. The lowest BCUT2D eigenvalue weighted by atomic mass is 9.99. The van der Waals surface area contributed by atoms with Gasteiger partial charge in [0.2, 0.25) is 9.92 Å². The van der Waals surface area contributed by atoms with Crippen molar-refractivity contribution < 1.29 is 9.00 Å². The van der Waals surface area contributed by atoms with Crippen molar-refractivity contribution in [3.63, 3.8) is 0 Å². The highest BCUT2D eigenvalue weighted by Gasteiger charge is 2.28. The fourth-order valence-electron chi connectivity index (χ4n) is 4.68. The molecule has 1 aromatic rings. The fourth-order valence-corrected chi connectivity index (χ4v) is 5.77. The molecule has 0 spiro atoms. The zero-order valence-corrected chi connectivity index (χ0v) is 17.5. The highest BCUT2D eigenvalue weighted by molar-refractivity contribution is 7.95. The van der Waals surface area contributed by atoms with Crippen LogP contribution in [0, 0.1) is 6.57 Å².